The molecule has 6 rings (SSSR count). The van der Waals surface area contributed by atoms with Crippen molar-refractivity contribution >= 4 is 153 Å². The van der Waals surface area contributed by atoms with Crippen molar-refractivity contribution in [3.05, 3.63) is 48.6 Å². The highest BCUT2D eigenvalue weighted by atomic mass is 32.2. The van der Waals surface area contributed by atoms with Crippen LogP contribution in [0.1, 0.15) is 370 Å². The Hall–Kier alpha value is -10.4. The summed E-state index contributed by atoms with van der Waals surface area (Å²) < 4.78 is 0. The van der Waals surface area contributed by atoms with Crippen LogP contribution in [0, 0.1) is 0 Å². The molecule has 822 valence electrons. The molecule has 0 aromatic rings. The van der Waals surface area contributed by atoms with Gasteiger partial charge in [-0.1, -0.05) is 187 Å². The van der Waals surface area contributed by atoms with Crippen LogP contribution >= 0.6 is 23.5 Å². The van der Waals surface area contributed by atoms with Gasteiger partial charge in [-0.15, -0.1) is 23.5 Å². The van der Waals surface area contributed by atoms with Gasteiger partial charge in [0.15, 0.2) is 0 Å². The number of unbranched alkanes of at least 4 members (excludes halogenated alkanes) is 29. The van der Waals surface area contributed by atoms with Crippen molar-refractivity contribution in [1.29, 1.82) is 0 Å². The molecule has 0 bridgehead atoms. The van der Waals surface area contributed by atoms with Crippen molar-refractivity contribution in [2.24, 2.45) is 17.2 Å². The fraction of sp³-hybridized carbons (Fsp3) is 0.712. The van der Waals surface area contributed by atoms with Crippen LogP contribution in [0.4, 0.5) is 0 Å². The summed E-state index contributed by atoms with van der Waals surface area (Å²) in [6, 6.07) is -0.441. The highest BCUT2D eigenvalue weighted by molar-refractivity contribution is 8.01. The molecule has 39 nitrogen and oxygen atoms in total. The Balaban J connectivity index is 0. The normalized spacial score (nSPS) is 15.9. The van der Waals surface area contributed by atoms with E-state index in [1.807, 2.05) is 6.92 Å². The number of aliphatic carboxylic acids is 4. The predicted octanol–water partition coefficient (Wildman–Crippen LogP) is 10.8. The molecule has 0 radical (unpaired) electrons. The number of carbonyl (C=O) groups excluding carboxylic acids is 18. The lowest BCUT2D eigenvalue weighted by atomic mass is 9.99. The number of thioether (sulfide) groups is 2. The third-order valence-electron chi connectivity index (χ3n) is 23.8. The number of hydrogen-bond acceptors (Lipinski definition) is 27. The number of ketones is 3. The molecule has 7 atom stereocenters. The maximum Gasteiger partial charge on any atom is 0.300 e. The molecule has 0 spiro atoms. The van der Waals surface area contributed by atoms with Gasteiger partial charge >= 0.3 is 0 Å². The van der Waals surface area contributed by atoms with Gasteiger partial charge in [-0.3, -0.25) is 125 Å². The van der Waals surface area contributed by atoms with E-state index in [-0.39, 0.29) is 182 Å². The zero-order valence-corrected chi connectivity index (χ0v) is 89.5. The Bertz CT molecular complexity index is 3990. The fourth-order valence-electron chi connectivity index (χ4n) is 15.9. The van der Waals surface area contributed by atoms with Crippen LogP contribution in [0.3, 0.4) is 0 Å². The minimum absolute atomic E-state index is 0.0140. The largest absolute Gasteiger partial charge is 0.481 e. The molecule has 2 saturated heterocycles. The van der Waals surface area contributed by atoms with E-state index in [9.17, 15) is 86.3 Å². The van der Waals surface area contributed by atoms with E-state index in [2.05, 4.69) is 27.4 Å². The number of carbonyl (C=O) groups is 22. The van der Waals surface area contributed by atoms with Crippen LogP contribution < -0.4 is 38.9 Å². The molecule has 6 aliphatic rings. The van der Waals surface area contributed by atoms with Gasteiger partial charge < -0.3 is 68.9 Å². The second-order valence-corrected chi connectivity index (χ2v) is 39.3. The number of nitrogens with two attached hydrogens (primary N) is 3. The van der Waals surface area contributed by atoms with Gasteiger partial charge in [-0.05, 0) is 118 Å². The summed E-state index contributed by atoms with van der Waals surface area (Å²) in [6.07, 6.45) is 54.3. The van der Waals surface area contributed by atoms with Crippen molar-refractivity contribution in [2.75, 3.05) is 64.4 Å². The molecule has 0 aromatic carbocycles. The molecule has 16 N–H and O–H groups in total. The van der Waals surface area contributed by atoms with Gasteiger partial charge in [-0.25, -0.2) is 0 Å². The van der Waals surface area contributed by atoms with Crippen LogP contribution in [0.2, 0.25) is 0 Å². The quantitative estimate of drug-likeness (QED) is 0.0199. The van der Waals surface area contributed by atoms with E-state index < -0.39 is 40.4 Å². The Labute approximate surface area is 866 Å². The van der Waals surface area contributed by atoms with Crippen molar-refractivity contribution < 1.29 is 132 Å². The number of rotatable bonds is 72. The molecule has 0 aliphatic carbocycles. The summed E-state index contributed by atoms with van der Waals surface area (Å²) in [4.78, 5) is 259. The van der Waals surface area contributed by atoms with E-state index >= 15 is 0 Å². The molecule has 7 unspecified atom stereocenters. The van der Waals surface area contributed by atoms with Crippen LogP contribution in [0.15, 0.2) is 48.6 Å². The van der Waals surface area contributed by atoms with E-state index in [4.69, 9.17) is 51.1 Å². The lowest BCUT2D eigenvalue weighted by Gasteiger charge is -2.20. The SMILES string of the molecule is CC(=O)CCCCCCCCC(CCCCCCCCN1C(=O)C=CC1=O)NC(=O)CCN1C(=O)C=CC1=O.CC(=O)O.CC(=O)O.CC(=O)O.CC(=O)O.CCC(N)CSC1CC(=O)N(CCC(=O)NC(CCCCCCCCC(C)=O)CCCCCCCCN2C(=O)CC(SCC(N)C(C)=O)C2=O)C1=O.CN.[NH3+]CCCCCCCC(CCCCCCCCN1C(=O)C=CC1=O)NC(=O)CCN1C(=O)C=CC1=O. The maximum absolute atomic E-state index is 13.0. The first-order chi connectivity index (χ1) is 69.0. The average Bonchev–Trinajstić information content (AvgIpc) is 1.69. The van der Waals surface area contributed by atoms with Gasteiger partial charge in [0.1, 0.15) is 17.3 Å². The highest BCUT2D eigenvalue weighted by Gasteiger charge is 2.41. The van der Waals surface area contributed by atoms with Crippen molar-refractivity contribution in [3.8, 4) is 0 Å². The first kappa shape index (κ1) is 137. The lowest BCUT2D eigenvalue weighted by Crippen LogP contribution is -2.50. The third-order valence-corrected chi connectivity index (χ3v) is 26.6. The summed E-state index contributed by atoms with van der Waals surface area (Å²) >= 11 is 2.72. The molecular weight excluding hydrogens is 1910 g/mol. The standard InChI is InChI=1S/C38H65N5O7S2.C30H45N3O6.C27H42N4O5.4C2H4O2.CH5N/c1-4-29(39)25-51-32-23-36(48)43(38(32)50)22-20-34(46)41-30(18-14-10-6-5-9-13-17-27(2)44)19-15-11-7-8-12-16-21-42-35(47)24-33(37(42)49)52-26-31(40)28(3)45;1-24(34)14-10-6-2-3-7-11-15-25(31-26(35)21-23-33-29(38)19-20-30(33)39)16-12-8-4-5-9-13-22-32-27(36)17-18-28(32)37;28-19-10-6-3-5-9-13-22(29-23(32)18-21-31-26(35)16-17-27(31)36)12-8-4-1-2-7-11-20-30-24(33)14-15-25(30)34;4*1-2(3)4;1-2/h29-33H,4-26,39-40H2,1-3H3,(H,41,46);17-20,25H,2-16,21-23H2,1H3,(H,31,35);14-17,22H,1-13,18-21,28H2,(H,29,32);4*1H3,(H,3,4);2H2,1H3/p+1. The van der Waals surface area contributed by atoms with Gasteiger partial charge in [-0.2, -0.15) is 0 Å². The third kappa shape index (κ3) is 71.8. The number of hydrogen-bond donors (Lipinski definition) is 11. The van der Waals surface area contributed by atoms with Crippen molar-refractivity contribution in [2.45, 2.75) is 411 Å². The monoisotopic (exact) mass is 2090 g/mol. The number of quaternary nitrogens is 1. The Morgan fingerprint density at radius 3 is 0.766 bits per heavy atom. The van der Waals surface area contributed by atoms with E-state index in [0.717, 1.165) is 301 Å². The molecule has 2 fully saturated rings. The highest BCUT2D eigenvalue weighted by Crippen LogP contribution is 2.29. The second-order valence-electron chi connectivity index (χ2n) is 36.8. The lowest BCUT2D eigenvalue weighted by molar-refractivity contribution is -0.368. The Morgan fingerprint density at radius 2 is 0.524 bits per heavy atom. The van der Waals surface area contributed by atoms with Crippen LogP contribution in [0.5, 0.6) is 0 Å². The van der Waals surface area contributed by atoms with Gasteiger partial charge in [0.25, 0.3) is 71.1 Å². The summed E-state index contributed by atoms with van der Waals surface area (Å²) in [7, 11) is 1.50. The van der Waals surface area contributed by atoms with E-state index in [1.165, 1.54) is 119 Å². The topological polar surface area (TPSA) is 618 Å². The predicted molar refractivity (Wildman–Crippen MR) is 556 cm³/mol. The Kier molecular flexibility index (Phi) is 80.8. The zero-order chi connectivity index (χ0) is 109. The molecule has 0 aromatic heterocycles. The van der Waals surface area contributed by atoms with Gasteiger partial charge in [0.2, 0.25) is 41.4 Å². The molecule has 6 heterocycles. The summed E-state index contributed by atoms with van der Waals surface area (Å²) in [5, 5.41) is 38.2. The maximum atomic E-state index is 13.0. The van der Waals surface area contributed by atoms with Gasteiger partial charge in [0.05, 0.1) is 23.1 Å². The number of Topliss-reactive ketones (excluding diaryl/α,β-unsaturated/α-hetero) is 3. The van der Waals surface area contributed by atoms with Crippen LogP contribution in [-0.2, 0) is 105 Å². The number of carboxylic acid groups (broad SMARTS) is 4. The molecule has 41 heteroatoms. The molecule has 15 amide bonds. The van der Waals surface area contributed by atoms with Gasteiger partial charge in [0, 0.05) is 196 Å². The molecular formula is C104H174N13O26S2+. The first-order valence-electron chi connectivity index (χ1n) is 52.1. The summed E-state index contributed by atoms with van der Waals surface area (Å²) in [5.74, 6) is -5.58. The number of imide groups is 6. The number of carboxylic acids is 4. The number of nitrogens with zero attached hydrogens (tertiary/aromatic N) is 6. The van der Waals surface area contributed by atoms with Crippen LogP contribution in [-0.4, -0.2) is 285 Å². The zero-order valence-electron chi connectivity index (χ0n) is 87.9. The first-order valence-corrected chi connectivity index (χ1v) is 54.2. The second kappa shape index (κ2) is 85.7. The molecule has 145 heavy (non-hydrogen) atoms. The number of amides is 15. The number of likely N-dealkylation sites (tertiary alicyclic amines) is 2. The smallest absolute Gasteiger partial charge is 0.300 e. The fourth-order valence-corrected chi connectivity index (χ4v) is 18.3. The number of nitrogens with one attached hydrogen (secondary N) is 3. The minimum Gasteiger partial charge on any atom is -0.481 e. The van der Waals surface area contributed by atoms with E-state index in [0.29, 0.717) is 44.0 Å². The van der Waals surface area contributed by atoms with Crippen molar-refractivity contribution in [3.63, 3.8) is 0 Å². The van der Waals surface area contributed by atoms with E-state index in [1.54, 1.807) is 13.8 Å². The molecule has 6 aliphatic heterocycles. The van der Waals surface area contributed by atoms with Crippen molar-refractivity contribution in [1.82, 2.24) is 45.3 Å². The molecule has 0 saturated carbocycles. The summed E-state index contributed by atoms with van der Waals surface area (Å²) in [5.41, 5.74) is 20.1. The summed E-state index contributed by atoms with van der Waals surface area (Å²) in [6.45, 7) is 13.7. The Morgan fingerprint density at radius 1 is 0.317 bits per heavy atom. The van der Waals surface area contributed by atoms with Crippen LogP contribution in [0.25, 0.3) is 0 Å². The average molecular weight is 2090 g/mol. The minimum atomic E-state index is -0.833.